The maximum atomic E-state index is 11.5. The van der Waals surface area contributed by atoms with Crippen molar-refractivity contribution in [3.63, 3.8) is 0 Å². The van der Waals surface area contributed by atoms with Crippen molar-refractivity contribution in [3.8, 4) is 0 Å². The van der Waals surface area contributed by atoms with Crippen molar-refractivity contribution in [2.45, 2.75) is 12.8 Å². The number of hydrazine groups is 1. The average Bonchev–Trinajstić information content (AvgIpc) is 2.69. The standard InChI is InChI=1S/C13H12Cl3N3O2/c1-7(6-19-11(20)2-3-12(19)21)17-18-13-9(15)4-8(14)5-10(13)16/h4-5,17-18H,1-3,6H2. The number of nitrogens with zero attached hydrogens (tertiary/aromatic N) is 1. The molecule has 0 unspecified atom stereocenters. The fraction of sp³-hybridized carbons (Fsp3) is 0.231. The topological polar surface area (TPSA) is 61.4 Å². The summed E-state index contributed by atoms with van der Waals surface area (Å²) < 4.78 is 0. The largest absolute Gasteiger partial charge is 0.304 e. The third-order valence-electron chi connectivity index (χ3n) is 2.87. The number of amides is 2. The van der Waals surface area contributed by atoms with Gasteiger partial charge in [0, 0.05) is 23.6 Å². The molecule has 2 rings (SSSR count). The van der Waals surface area contributed by atoms with Crippen LogP contribution in [0.2, 0.25) is 15.1 Å². The van der Waals surface area contributed by atoms with E-state index in [-0.39, 0.29) is 31.2 Å². The van der Waals surface area contributed by atoms with Gasteiger partial charge in [-0.3, -0.25) is 19.9 Å². The number of hydrogen-bond acceptors (Lipinski definition) is 4. The summed E-state index contributed by atoms with van der Waals surface area (Å²) in [6.45, 7) is 3.84. The van der Waals surface area contributed by atoms with Gasteiger partial charge in [-0.2, -0.15) is 0 Å². The lowest BCUT2D eigenvalue weighted by atomic mass is 10.3. The van der Waals surface area contributed by atoms with Crippen LogP contribution < -0.4 is 10.9 Å². The zero-order valence-electron chi connectivity index (χ0n) is 10.9. The molecule has 5 nitrogen and oxygen atoms in total. The van der Waals surface area contributed by atoms with Crippen LogP contribution in [0.5, 0.6) is 0 Å². The Balaban J connectivity index is 1.96. The van der Waals surface area contributed by atoms with Crippen molar-refractivity contribution in [3.05, 3.63) is 39.5 Å². The summed E-state index contributed by atoms with van der Waals surface area (Å²) in [5.74, 6) is -0.406. The molecule has 0 spiro atoms. The van der Waals surface area contributed by atoms with Crippen LogP contribution in [0.1, 0.15) is 12.8 Å². The molecular formula is C13H12Cl3N3O2. The van der Waals surface area contributed by atoms with Gasteiger partial charge in [0.1, 0.15) is 0 Å². The first-order valence-electron chi connectivity index (χ1n) is 6.06. The first kappa shape index (κ1) is 15.9. The molecule has 1 aromatic rings. The van der Waals surface area contributed by atoms with Crippen LogP contribution in [0, 0.1) is 0 Å². The van der Waals surface area contributed by atoms with Crippen LogP contribution in [0.3, 0.4) is 0 Å². The Kier molecular flexibility index (Phi) is 4.98. The highest BCUT2D eigenvalue weighted by atomic mass is 35.5. The Morgan fingerprint density at radius 2 is 1.67 bits per heavy atom. The van der Waals surface area contributed by atoms with E-state index in [4.69, 9.17) is 34.8 Å². The molecular weight excluding hydrogens is 337 g/mol. The van der Waals surface area contributed by atoms with Crippen LogP contribution in [0.15, 0.2) is 24.4 Å². The molecule has 1 heterocycles. The van der Waals surface area contributed by atoms with E-state index in [2.05, 4.69) is 17.4 Å². The molecule has 2 N–H and O–H groups in total. The Labute approximate surface area is 136 Å². The Morgan fingerprint density at radius 1 is 1.14 bits per heavy atom. The third-order valence-corrected chi connectivity index (χ3v) is 3.69. The van der Waals surface area contributed by atoms with Crippen LogP contribution in [-0.4, -0.2) is 23.3 Å². The van der Waals surface area contributed by atoms with Gasteiger partial charge in [-0.1, -0.05) is 41.4 Å². The van der Waals surface area contributed by atoms with Crippen molar-refractivity contribution >= 4 is 52.3 Å². The molecule has 1 fully saturated rings. The number of anilines is 1. The highest BCUT2D eigenvalue weighted by molar-refractivity contribution is 6.41. The highest BCUT2D eigenvalue weighted by Crippen LogP contribution is 2.33. The first-order valence-corrected chi connectivity index (χ1v) is 7.19. The lowest BCUT2D eigenvalue weighted by molar-refractivity contribution is -0.137. The minimum absolute atomic E-state index is 0.0908. The van der Waals surface area contributed by atoms with Gasteiger partial charge in [0.2, 0.25) is 11.8 Å². The summed E-state index contributed by atoms with van der Waals surface area (Å²) in [5, 5.41) is 1.09. The van der Waals surface area contributed by atoms with Crippen molar-refractivity contribution in [1.82, 2.24) is 10.3 Å². The van der Waals surface area contributed by atoms with Gasteiger partial charge in [-0.25, -0.2) is 0 Å². The number of nitrogens with one attached hydrogen (secondary N) is 2. The predicted molar refractivity (Wildman–Crippen MR) is 83.3 cm³/mol. The molecule has 2 amide bonds. The van der Waals surface area contributed by atoms with Crippen LogP contribution in [0.4, 0.5) is 5.69 Å². The van der Waals surface area contributed by atoms with E-state index in [9.17, 15) is 9.59 Å². The summed E-state index contributed by atoms with van der Waals surface area (Å²) >= 11 is 17.8. The van der Waals surface area contributed by atoms with Gasteiger partial charge in [-0.15, -0.1) is 0 Å². The monoisotopic (exact) mass is 347 g/mol. The van der Waals surface area contributed by atoms with E-state index in [0.29, 0.717) is 26.5 Å². The van der Waals surface area contributed by atoms with Crippen LogP contribution in [0.25, 0.3) is 0 Å². The molecule has 1 saturated heterocycles. The van der Waals surface area contributed by atoms with E-state index in [1.165, 1.54) is 12.1 Å². The molecule has 1 aliphatic rings. The van der Waals surface area contributed by atoms with Crippen LogP contribution in [-0.2, 0) is 9.59 Å². The number of likely N-dealkylation sites (tertiary alicyclic amines) is 1. The van der Waals surface area contributed by atoms with Gasteiger partial charge >= 0.3 is 0 Å². The molecule has 21 heavy (non-hydrogen) atoms. The van der Waals surface area contributed by atoms with Crippen LogP contribution >= 0.6 is 34.8 Å². The highest BCUT2D eigenvalue weighted by Gasteiger charge is 2.28. The Morgan fingerprint density at radius 3 is 2.19 bits per heavy atom. The maximum absolute atomic E-state index is 11.5. The number of halogens is 3. The van der Waals surface area contributed by atoms with Gasteiger partial charge in [-0.05, 0) is 12.1 Å². The average molecular weight is 349 g/mol. The SMILES string of the molecule is C=C(CN1C(=O)CCC1=O)NNc1c(Cl)cc(Cl)cc1Cl. The molecule has 0 atom stereocenters. The van der Waals surface area contributed by atoms with Crippen molar-refractivity contribution in [2.75, 3.05) is 12.0 Å². The number of benzene rings is 1. The van der Waals surface area contributed by atoms with Crippen molar-refractivity contribution in [1.29, 1.82) is 0 Å². The molecule has 0 aliphatic carbocycles. The summed E-state index contributed by atoms with van der Waals surface area (Å²) in [6.07, 6.45) is 0.489. The van der Waals surface area contributed by atoms with E-state index < -0.39 is 0 Å². The number of rotatable bonds is 5. The minimum Gasteiger partial charge on any atom is -0.304 e. The molecule has 112 valence electrons. The second-order valence-corrected chi connectivity index (χ2v) is 5.72. The second kappa shape index (κ2) is 6.56. The van der Waals surface area contributed by atoms with Gasteiger partial charge in [0.25, 0.3) is 0 Å². The lowest BCUT2D eigenvalue weighted by Gasteiger charge is -2.18. The van der Waals surface area contributed by atoms with E-state index in [1.807, 2.05) is 0 Å². The smallest absolute Gasteiger partial charge is 0.230 e. The normalized spacial score (nSPS) is 14.5. The quantitative estimate of drug-likeness (QED) is 0.633. The fourth-order valence-electron chi connectivity index (χ4n) is 1.84. The summed E-state index contributed by atoms with van der Waals surface area (Å²) in [4.78, 5) is 24.2. The van der Waals surface area contributed by atoms with Crippen molar-refractivity contribution < 1.29 is 9.59 Å². The number of imide groups is 1. The minimum atomic E-state index is -0.203. The Hall–Kier alpha value is -1.43. The molecule has 0 radical (unpaired) electrons. The zero-order valence-corrected chi connectivity index (χ0v) is 13.1. The van der Waals surface area contributed by atoms with E-state index in [0.717, 1.165) is 4.90 Å². The van der Waals surface area contributed by atoms with Crippen molar-refractivity contribution in [2.24, 2.45) is 0 Å². The third kappa shape index (κ3) is 3.81. The number of carbonyl (C=O) groups is 2. The summed E-state index contributed by atoms with van der Waals surface area (Å²) in [6, 6.07) is 3.07. The summed E-state index contributed by atoms with van der Waals surface area (Å²) in [5.41, 5.74) is 6.42. The predicted octanol–water partition coefficient (Wildman–Crippen LogP) is 3.23. The molecule has 0 bridgehead atoms. The zero-order chi connectivity index (χ0) is 15.6. The fourth-order valence-corrected chi connectivity index (χ4v) is 2.75. The molecule has 1 aliphatic heterocycles. The number of carbonyl (C=O) groups excluding carboxylic acids is 2. The molecule has 1 aromatic carbocycles. The van der Waals surface area contributed by atoms with E-state index in [1.54, 1.807) is 0 Å². The molecule has 0 aromatic heterocycles. The summed E-state index contributed by atoms with van der Waals surface area (Å²) in [7, 11) is 0. The number of hydrogen-bond donors (Lipinski definition) is 2. The van der Waals surface area contributed by atoms with Gasteiger partial charge < -0.3 is 5.43 Å². The molecule has 0 saturated carbocycles. The lowest BCUT2D eigenvalue weighted by Crippen LogP contribution is -2.35. The second-order valence-electron chi connectivity index (χ2n) is 4.47. The maximum Gasteiger partial charge on any atom is 0.230 e. The van der Waals surface area contributed by atoms with Gasteiger partial charge in [0.05, 0.1) is 22.3 Å². The van der Waals surface area contributed by atoms with E-state index >= 15 is 0 Å². The molecule has 8 heteroatoms. The Bertz CT molecular complexity index is 580. The van der Waals surface area contributed by atoms with Gasteiger partial charge in [0.15, 0.2) is 0 Å². The first-order chi connectivity index (χ1) is 9.88.